The molecule has 1 aliphatic heterocycles. The predicted octanol–water partition coefficient (Wildman–Crippen LogP) is 2.90. The minimum Gasteiger partial charge on any atom is -0.406 e. The number of ether oxygens (including phenoxy) is 2. The van der Waals surface area contributed by atoms with Crippen LogP contribution in [0.15, 0.2) is 30.5 Å². The lowest BCUT2D eigenvalue weighted by molar-refractivity contribution is -0.274. The standard InChI is InChI=1S/C16H16F3N3O3/c1-10(23)22-6-7-24-9-14(22)15-20-8-13(21-15)11-2-4-12(5-3-11)25-16(17,18)19/h2-5,8,14H,6-7,9H2,1H3,(H,20,21)/t14-/m0/s1. The molecule has 9 heteroatoms. The van der Waals surface area contributed by atoms with Crippen molar-refractivity contribution in [2.24, 2.45) is 0 Å². The Morgan fingerprint density at radius 1 is 1.36 bits per heavy atom. The summed E-state index contributed by atoms with van der Waals surface area (Å²) in [5.41, 5.74) is 1.28. The summed E-state index contributed by atoms with van der Waals surface area (Å²) in [6, 6.07) is 5.15. The number of halogens is 3. The minimum atomic E-state index is -4.72. The minimum absolute atomic E-state index is 0.0695. The van der Waals surface area contributed by atoms with Gasteiger partial charge in [-0.2, -0.15) is 0 Å². The summed E-state index contributed by atoms with van der Waals surface area (Å²) < 4.78 is 45.8. The highest BCUT2D eigenvalue weighted by Crippen LogP contribution is 2.28. The van der Waals surface area contributed by atoms with Crippen LogP contribution in [0.25, 0.3) is 11.3 Å². The van der Waals surface area contributed by atoms with Crippen LogP contribution < -0.4 is 4.74 Å². The number of imidazole rings is 1. The van der Waals surface area contributed by atoms with Crippen LogP contribution in [0, 0.1) is 0 Å². The van der Waals surface area contributed by atoms with Crippen molar-refractivity contribution in [3.8, 4) is 17.0 Å². The lowest BCUT2D eigenvalue weighted by Gasteiger charge is -2.33. The van der Waals surface area contributed by atoms with E-state index in [0.29, 0.717) is 36.8 Å². The number of hydrogen-bond acceptors (Lipinski definition) is 4. The Labute approximate surface area is 141 Å². The number of nitrogens with one attached hydrogen (secondary N) is 1. The van der Waals surface area contributed by atoms with Crippen LogP contribution in [0.1, 0.15) is 18.8 Å². The van der Waals surface area contributed by atoms with Gasteiger partial charge in [-0.15, -0.1) is 13.2 Å². The first-order chi connectivity index (χ1) is 11.8. The number of nitrogens with zero attached hydrogens (tertiary/aromatic N) is 2. The second kappa shape index (κ2) is 6.75. The molecule has 1 saturated heterocycles. The molecule has 2 heterocycles. The van der Waals surface area contributed by atoms with Crippen LogP contribution in [-0.2, 0) is 9.53 Å². The number of morpholine rings is 1. The molecule has 25 heavy (non-hydrogen) atoms. The number of aromatic nitrogens is 2. The van der Waals surface area contributed by atoms with E-state index in [4.69, 9.17) is 4.74 Å². The third-order valence-corrected chi connectivity index (χ3v) is 3.84. The van der Waals surface area contributed by atoms with Gasteiger partial charge >= 0.3 is 6.36 Å². The Morgan fingerprint density at radius 3 is 2.72 bits per heavy atom. The van der Waals surface area contributed by atoms with E-state index in [0.717, 1.165) is 0 Å². The normalized spacial score (nSPS) is 18.2. The van der Waals surface area contributed by atoms with Crippen molar-refractivity contribution >= 4 is 5.91 Å². The van der Waals surface area contributed by atoms with Crippen molar-refractivity contribution in [2.45, 2.75) is 19.3 Å². The first-order valence-electron chi connectivity index (χ1n) is 7.59. The molecule has 1 fully saturated rings. The molecule has 3 rings (SSSR count). The van der Waals surface area contributed by atoms with E-state index >= 15 is 0 Å². The molecule has 0 radical (unpaired) electrons. The lowest BCUT2D eigenvalue weighted by Crippen LogP contribution is -2.42. The summed E-state index contributed by atoms with van der Waals surface area (Å²) in [5.74, 6) is 0.208. The highest BCUT2D eigenvalue weighted by Gasteiger charge is 2.31. The molecule has 6 nitrogen and oxygen atoms in total. The molecule has 134 valence electrons. The van der Waals surface area contributed by atoms with Gasteiger partial charge in [0.1, 0.15) is 17.6 Å². The summed E-state index contributed by atoms with van der Waals surface area (Å²) in [6.07, 6.45) is -3.15. The van der Waals surface area contributed by atoms with Crippen LogP contribution in [0.3, 0.4) is 0 Å². The van der Waals surface area contributed by atoms with Gasteiger partial charge in [-0.05, 0) is 29.8 Å². The molecule has 0 aliphatic carbocycles. The maximum absolute atomic E-state index is 12.2. The highest BCUT2D eigenvalue weighted by molar-refractivity contribution is 5.74. The number of carbonyl (C=O) groups is 1. The average Bonchev–Trinajstić information content (AvgIpc) is 3.04. The second-order valence-corrected chi connectivity index (χ2v) is 5.56. The van der Waals surface area contributed by atoms with Gasteiger partial charge in [0.05, 0.1) is 25.1 Å². The van der Waals surface area contributed by atoms with Crippen molar-refractivity contribution in [1.82, 2.24) is 14.9 Å². The molecule has 0 spiro atoms. The van der Waals surface area contributed by atoms with Crippen molar-refractivity contribution in [2.75, 3.05) is 19.8 Å². The van der Waals surface area contributed by atoms with E-state index in [1.54, 1.807) is 11.1 Å². The summed E-state index contributed by atoms with van der Waals surface area (Å²) in [6.45, 7) is 2.79. The largest absolute Gasteiger partial charge is 0.573 e. The summed E-state index contributed by atoms with van der Waals surface area (Å²) >= 11 is 0. The Bertz CT molecular complexity index is 743. The third kappa shape index (κ3) is 4.11. The molecule has 0 unspecified atom stereocenters. The van der Waals surface area contributed by atoms with Gasteiger partial charge in [0.25, 0.3) is 0 Å². The van der Waals surface area contributed by atoms with E-state index in [-0.39, 0.29) is 17.7 Å². The Kier molecular flexibility index (Phi) is 4.67. The molecule has 1 atom stereocenters. The number of benzene rings is 1. The molecule has 1 aliphatic rings. The van der Waals surface area contributed by atoms with Crippen molar-refractivity contribution < 1.29 is 27.4 Å². The van der Waals surface area contributed by atoms with Crippen molar-refractivity contribution in [1.29, 1.82) is 0 Å². The molecule has 0 bridgehead atoms. The number of alkyl halides is 3. The van der Waals surface area contributed by atoms with Crippen LogP contribution in [-0.4, -0.2) is 46.9 Å². The van der Waals surface area contributed by atoms with Gasteiger partial charge in [-0.25, -0.2) is 4.98 Å². The monoisotopic (exact) mass is 355 g/mol. The van der Waals surface area contributed by atoms with Gasteiger partial charge in [0, 0.05) is 13.5 Å². The fraction of sp³-hybridized carbons (Fsp3) is 0.375. The van der Waals surface area contributed by atoms with Crippen LogP contribution in [0.4, 0.5) is 13.2 Å². The van der Waals surface area contributed by atoms with Gasteiger partial charge < -0.3 is 19.4 Å². The molecular weight excluding hydrogens is 339 g/mol. The fourth-order valence-electron chi connectivity index (χ4n) is 2.70. The molecule has 1 aromatic carbocycles. The first-order valence-corrected chi connectivity index (χ1v) is 7.59. The number of aromatic amines is 1. The maximum atomic E-state index is 12.2. The van der Waals surface area contributed by atoms with Crippen LogP contribution in [0.2, 0.25) is 0 Å². The van der Waals surface area contributed by atoms with E-state index in [2.05, 4.69) is 14.7 Å². The zero-order valence-electron chi connectivity index (χ0n) is 13.3. The smallest absolute Gasteiger partial charge is 0.406 e. The molecular formula is C16H16F3N3O3. The Hall–Kier alpha value is -2.55. The maximum Gasteiger partial charge on any atom is 0.573 e. The third-order valence-electron chi connectivity index (χ3n) is 3.84. The second-order valence-electron chi connectivity index (χ2n) is 5.56. The summed E-state index contributed by atoms with van der Waals surface area (Å²) in [4.78, 5) is 20.8. The van der Waals surface area contributed by atoms with E-state index < -0.39 is 6.36 Å². The fourth-order valence-corrected chi connectivity index (χ4v) is 2.70. The number of H-pyrrole nitrogens is 1. The quantitative estimate of drug-likeness (QED) is 0.919. The molecule has 2 aromatic rings. The molecule has 1 aromatic heterocycles. The van der Waals surface area contributed by atoms with Gasteiger partial charge in [-0.3, -0.25) is 4.79 Å². The summed E-state index contributed by atoms with van der Waals surface area (Å²) in [7, 11) is 0. The van der Waals surface area contributed by atoms with Gasteiger partial charge in [0.15, 0.2) is 0 Å². The van der Waals surface area contributed by atoms with E-state index in [9.17, 15) is 18.0 Å². The van der Waals surface area contributed by atoms with Crippen LogP contribution >= 0.6 is 0 Å². The Balaban J connectivity index is 1.78. The van der Waals surface area contributed by atoms with Crippen molar-refractivity contribution in [3.05, 3.63) is 36.3 Å². The van der Waals surface area contributed by atoms with Gasteiger partial charge in [0.2, 0.25) is 5.91 Å². The van der Waals surface area contributed by atoms with E-state index in [1.165, 1.54) is 31.2 Å². The first kappa shape index (κ1) is 17.3. The SMILES string of the molecule is CC(=O)N1CCOC[C@H]1c1ncc(-c2ccc(OC(F)(F)F)cc2)[nH]1. The van der Waals surface area contributed by atoms with Crippen molar-refractivity contribution in [3.63, 3.8) is 0 Å². The topological polar surface area (TPSA) is 67.5 Å². The zero-order chi connectivity index (χ0) is 18.0. The predicted molar refractivity (Wildman–Crippen MR) is 81.7 cm³/mol. The molecule has 1 N–H and O–H groups in total. The number of amides is 1. The lowest BCUT2D eigenvalue weighted by atomic mass is 10.1. The molecule has 1 amide bonds. The van der Waals surface area contributed by atoms with Crippen LogP contribution in [0.5, 0.6) is 5.75 Å². The van der Waals surface area contributed by atoms with Gasteiger partial charge in [-0.1, -0.05) is 0 Å². The number of carbonyl (C=O) groups excluding carboxylic acids is 1. The molecule has 0 saturated carbocycles. The number of rotatable bonds is 3. The Morgan fingerprint density at radius 2 is 2.08 bits per heavy atom. The number of hydrogen-bond donors (Lipinski definition) is 1. The zero-order valence-corrected chi connectivity index (χ0v) is 13.3. The van der Waals surface area contributed by atoms with E-state index in [1.807, 2.05) is 0 Å². The average molecular weight is 355 g/mol. The highest BCUT2D eigenvalue weighted by atomic mass is 19.4. The summed E-state index contributed by atoms with van der Waals surface area (Å²) in [5, 5.41) is 0.